The van der Waals surface area contributed by atoms with E-state index in [0.717, 1.165) is 12.1 Å². The predicted molar refractivity (Wildman–Crippen MR) is 49.4 cm³/mol. The second-order valence-electron chi connectivity index (χ2n) is 2.39. The summed E-state index contributed by atoms with van der Waals surface area (Å²) >= 11 is 2.82. The smallest absolute Gasteiger partial charge is 0.335 e. The lowest BCUT2D eigenvalue weighted by Gasteiger charge is -2.00. The maximum atomic E-state index is 10.5. The normalized spacial score (nSPS) is 9.79. The molecule has 0 bridgehead atoms. The van der Waals surface area contributed by atoms with Crippen molar-refractivity contribution < 1.29 is 19.9 Å². The first kappa shape index (κ1) is 10.5. The monoisotopic (exact) mass is 261 g/mol. The van der Waals surface area contributed by atoms with Gasteiger partial charge in [-0.2, -0.15) is 0 Å². The van der Waals surface area contributed by atoms with Crippen LogP contribution in [0.3, 0.4) is 0 Å². The van der Waals surface area contributed by atoms with Crippen molar-refractivity contribution in [3.8, 4) is 5.75 Å². The molecule has 0 saturated heterocycles. The van der Waals surface area contributed by atoms with Crippen molar-refractivity contribution in [2.75, 3.05) is 0 Å². The van der Waals surface area contributed by atoms with Crippen molar-refractivity contribution in [2.24, 2.45) is 0 Å². The fourth-order valence-electron chi connectivity index (χ4n) is 0.847. The van der Waals surface area contributed by atoms with Gasteiger partial charge in [0, 0.05) is 6.07 Å². The molecule has 0 unspecified atom stereocenters. The number of aromatic carboxylic acids is 1. The van der Waals surface area contributed by atoms with Gasteiger partial charge in [0.15, 0.2) is 0 Å². The van der Waals surface area contributed by atoms with Crippen LogP contribution < -0.4 is 0 Å². The minimum Gasteiger partial charge on any atom is -0.501 e. The zero-order valence-corrected chi connectivity index (χ0v) is 8.19. The Morgan fingerprint density at radius 3 is 2.50 bits per heavy atom. The Hall–Kier alpha value is -1.63. The summed E-state index contributed by atoms with van der Waals surface area (Å²) in [5.74, 6) is -1.88. The van der Waals surface area contributed by atoms with Crippen molar-refractivity contribution >= 4 is 27.6 Å². The molecule has 0 aromatic heterocycles. The summed E-state index contributed by atoms with van der Waals surface area (Å²) in [7, 11) is 0. The SMILES string of the molecule is O=C(O)c1cc(Br)c(O)c([N+](=O)[O-])c1. The molecule has 0 radical (unpaired) electrons. The van der Waals surface area contributed by atoms with E-state index in [1.54, 1.807) is 0 Å². The van der Waals surface area contributed by atoms with Gasteiger partial charge in [-0.05, 0) is 22.0 Å². The number of carboxylic acids is 1. The molecule has 6 nitrogen and oxygen atoms in total. The Morgan fingerprint density at radius 2 is 2.07 bits per heavy atom. The van der Waals surface area contributed by atoms with Crippen molar-refractivity contribution in [3.05, 3.63) is 32.3 Å². The van der Waals surface area contributed by atoms with E-state index in [4.69, 9.17) is 5.11 Å². The van der Waals surface area contributed by atoms with Crippen LogP contribution in [0.25, 0.3) is 0 Å². The molecule has 2 N–H and O–H groups in total. The van der Waals surface area contributed by atoms with Crippen LogP contribution >= 0.6 is 15.9 Å². The van der Waals surface area contributed by atoms with Crippen molar-refractivity contribution in [3.63, 3.8) is 0 Å². The Morgan fingerprint density at radius 1 is 1.50 bits per heavy atom. The number of hydrogen-bond donors (Lipinski definition) is 2. The molecule has 0 atom stereocenters. The van der Waals surface area contributed by atoms with Gasteiger partial charge in [0.1, 0.15) is 0 Å². The molecule has 0 aliphatic heterocycles. The summed E-state index contributed by atoms with van der Waals surface area (Å²) in [6.07, 6.45) is 0. The van der Waals surface area contributed by atoms with Crippen LogP contribution in [-0.4, -0.2) is 21.1 Å². The maximum Gasteiger partial charge on any atom is 0.335 e. The number of aromatic hydroxyl groups is 1. The number of nitro groups is 1. The largest absolute Gasteiger partial charge is 0.501 e. The molecule has 74 valence electrons. The first-order chi connectivity index (χ1) is 6.43. The molecular weight excluding hydrogens is 258 g/mol. The predicted octanol–water partition coefficient (Wildman–Crippen LogP) is 1.76. The number of carbonyl (C=O) groups is 1. The van der Waals surface area contributed by atoms with Gasteiger partial charge in [0.05, 0.1) is 15.0 Å². The highest BCUT2D eigenvalue weighted by atomic mass is 79.9. The van der Waals surface area contributed by atoms with Crippen molar-refractivity contribution in [1.82, 2.24) is 0 Å². The van der Waals surface area contributed by atoms with Crippen LogP contribution in [0.4, 0.5) is 5.69 Å². The number of nitro benzene ring substituents is 1. The highest BCUT2D eigenvalue weighted by Gasteiger charge is 2.20. The van der Waals surface area contributed by atoms with Gasteiger partial charge in [-0.1, -0.05) is 0 Å². The lowest BCUT2D eigenvalue weighted by molar-refractivity contribution is -0.386. The minimum atomic E-state index is -1.30. The quantitative estimate of drug-likeness (QED) is 0.624. The lowest BCUT2D eigenvalue weighted by Crippen LogP contribution is -1.98. The minimum absolute atomic E-state index is 0.0240. The third-order valence-electron chi connectivity index (χ3n) is 1.49. The number of phenolic OH excluding ortho intramolecular Hbond substituents is 1. The topological polar surface area (TPSA) is 101 Å². The molecule has 0 fully saturated rings. The Labute approximate surface area is 86.1 Å². The van der Waals surface area contributed by atoms with Crippen molar-refractivity contribution in [2.45, 2.75) is 0 Å². The molecule has 1 rings (SSSR count). The molecule has 0 aliphatic rings. The summed E-state index contributed by atoms with van der Waals surface area (Å²) in [5, 5.41) is 28.2. The molecular formula is C7H4BrNO5. The van der Waals surface area contributed by atoms with Crippen LogP contribution in [0.5, 0.6) is 5.75 Å². The van der Waals surface area contributed by atoms with E-state index in [1.807, 2.05) is 0 Å². The van der Waals surface area contributed by atoms with E-state index in [-0.39, 0.29) is 10.0 Å². The number of carboxylic acid groups (broad SMARTS) is 1. The third kappa shape index (κ3) is 1.82. The van der Waals surface area contributed by atoms with Crippen LogP contribution in [0.2, 0.25) is 0 Å². The Balaban J connectivity index is 3.43. The summed E-state index contributed by atoms with van der Waals surface area (Å²) in [5.41, 5.74) is -0.904. The van der Waals surface area contributed by atoms with Crippen LogP contribution in [-0.2, 0) is 0 Å². The summed E-state index contributed by atoms with van der Waals surface area (Å²) < 4.78 is -0.0240. The van der Waals surface area contributed by atoms with Gasteiger partial charge in [0.2, 0.25) is 5.75 Å². The number of rotatable bonds is 2. The second kappa shape index (κ2) is 3.62. The van der Waals surface area contributed by atoms with Crippen molar-refractivity contribution in [1.29, 1.82) is 0 Å². The van der Waals surface area contributed by atoms with Crippen LogP contribution in [0.15, 0.2) is 16.6 Å². The van der Waals surface area contributed by atoms with Crippen LogP contribution in [0.1, 0.15) is 10.4 Å². The van der Waals surface area contributed by atoms with Gasteiger partial charge >= 0.3 is 11.7 Å². The van der Waals surface area contributed by atoms with E-state index in [2.05, 4.69) is 15.9 Å². The molecule has 1 aromatic rings. The van der Waals surface area contributed by atoms with E-state index < -0.39 is 22.3 Å². The van der Waals surface area contributed by atoms with Gasteiger partial charge in [-0.15, -0.1) is 0 Å². The first-order valence-electron chi connectivity index (χ1n) is 3.33. The summed E-state index contributed by atoms with van der Waals surface area (Å²) in [4.78, 5) is 20.0. The molecule has 7 heteroatoms. The highest BCUT2D eigenvalue weighted by molar-refractivity contribution is 9.10. The highest BCUT2D eigenvalue weighted by Crippen LogP contribution is 2.34. The molecule has 0 spiro atoms. The fourth-order valence-corrected chi connectivity index (χ4v) is 1.30. The molecule has 0 amide bonds. The Kier molecular flexibility index (Phi) is 2.70. The Bertz CT molecular complexity index is 417. The van der Waals surface area contributed by atoms with Gasteiger partial charge in [0.25, 0.3) is 0 Å². The van der Waals surface area contributed by atoms with Gasteiger partial charge in [-0.3, -0.25) is 10.1 Å². The average Bonchev–Trinajstić information content (AvgIpc) is 2.08. The number of halogens is 1. The van der Waals surface area contributed by atoms with Crippen LogP contribution in [0, 0.1) is 10.1 Å². The zero-order valence-electron chi connectivity index (χ0n) is 6.60. The number of nitrogens with zero attached hydrogens (tertiary/aromatic N) is 1. The van der Waals surface area contributed by atoms with E-state index >= 15 is 0 Å². The van der Waals surface area contributed by atoms with Gasteiger partial charge in [-0.25, -0.2) is 4.79 Å². The number of phenols is 1. The first-order valence-corrected chi connectivity index (χ1v) is 4.13. The number of benzene rings is 1. The fraction of sp³-hybridized carbons (Fsp3) is 0. The molecule has 14 heavy (non-hydrogen) atoms. The maximum absolute atomic E-state index is 10.5. The van der Waals surface area contributed by atoms with E-state index in [9.17, 15) is 20.0 Å². The zero-order chi connectivity index (χ0) is 10.9. The lowest BCUT2D eigenvalue weighted by atomic mass is 10.2. The van der Waals surface area contributed by atoms with Gasteiger partial charge < -0.3 is 10.2 Å². The second-order valence-corrected chi connectivity index (χ2v) is 3.24. The molecule has 0 aliphatic carbocycles. The third-order valence-corrected chi connectivity index (χ3v) is 2.09. The molecule has 1 aromatic carbocycles. The summed E-state index contributed by atoms with van der Waals surface area (Å²) in [6.45, 7) is 0. The molecule has 0 heterocycles. The number of hydrogen-bond acceptors (Lipinski definition) is 4. The summed E-state index contributed by atoms with van der Waals surface area (Å²) in [6, 6.07) is 1.88. The molecule has 0 saturated carbocycles. The van der Waals surface area contributed by atoms with E-state index in [0.29, 0.717) is 0 Å². The standard InChI is InChI=1S/C7H4BrNO5/c8-4-1-3(7(11)12)2-5(6(4)10)9(13)14/h1-2,10H,(H,11,12). The average molecular weight is 262 g/mol. The van der Waals surface area contributed by atoms with E-state index in [1.165, 1.54) is 0 Å².